The minimum absolute atomic E-state index is 0.0857. The fourth-order valence-electron chi connectivity index (χ4n) is 4.98. The molecule has 36 heavy (non-hydrogen) atoms. The first-order chi connectivity index (χ1) is 16.9. The molecule has 2 N–H and O–H groups in total. The van der Waals surface area contributed by atoms with Gasteiger partial charge in [-0.3, -0.25) is 9.79 Å². The molecule has 1 aromatic heterocycles. The van der Waals surface area contributed by atoms with E-state index in [1.54, 1.807) is 6.07 Å². The van der Waals surface area contributed by atoms with Gasteiger partial charge in [-0.15, -0.1) is 0 Å². The van der Waals surface area contributed by atoms with Gasteiger partial charge in [-0.25, -0.2) is 9.37 Å². The number of ether oxygens (including phenoxy) is 1. The molecule has 6 nitrogen and oxygen atoms in total. The van der Waals surface area contributed by atoms with Crippen molar-refractivity contribution in [2.24, 2.45) is 10.4 Å². The number of carbonyl (C=O) groups excluding carboxylic acids is 1. The van der Waals surface area contributed by atoms with Crippen LogP contribution in [0.3, 0.4) is 0 Å². The van der Waals surface area contributed by atoms with Crippen molar-refractivity contribution in [1.29, 1.82) is 0 Å². The second kappa shape index (κ2) is 10.5. The Hall–Kier alpha value is -2.51. The Balaban J connectivity index is 1.58. The van der Waals surface area contributed by atoms with Gasteiger partial charge < -0.3 is 15.2 Å². The van der Waals surface area contributed by atoms with E-state index in [1.807, 2.05) is 6.20 Å². The third kappa shape index (κ3) is 6.62. The Kier molecular flexibility index (Phi) is 7.72. The van der Waals surface area contributed by atoms with E-state index in [-0.39, 0.29) is 34.9 Å². The third-order valence-electron chi connectivity index (χ3n) is 6.72. The number of benzene rings is 1. The molecule has 1 aromatic carbocycles. The van der Waals surface area contributed by atoms with Crippen LogP contribution in [0.15, 0.2) is 35.5 Å². The first-order valence-corrected chi connectivity index (χ1v) is 12.9. The molecule has 1 aliphatic heterocycles. The van der Waals surface area contributed by atoms with E-state index in [0.717, 1.165) is 42.5 Å². The average Bonchev–Trinajstić information content (AvgIpc) is 2.73. The molecule has 0 radical (unpaired) electrons. The summed E-state index contributed by atoms with van der Waals surface area (Å²) in [5.41, 5.74) is 3.28. The lowest BCUT2D eigenvalue weighted by Crippen LogP contribution is -2.48. The van der Waals surface area contributed by atoms with Crippen LogP contribution in [0, 0.1) is 11.2 Å². The van der Waals surface area contributed by atoms with E-state index < -0.39 is 18.0 Å². The summed E-state index contributed by atoms with van der Waals surface area (Å²) in [7, 11) is 0. The number of aliphatic hydroxyl groups is 1. The predicted octanol–water partition coefficient (Wildman–Crippen LogP) is 5.07. The molecule has 8 heteroatoms. The quantitative estimate of drug-likeness (QED) is 0.539. The van der Waals surface area contributed by atoms with Crippen molar-refractivity contribution in [1.82, 2.24) is 10.3 Å². The van der Waals surface area contributed by atoms with Gasteiger partial charge in [-0.05, 0) is 72.9 Å². The fourth-order valence-corrected chi connectivity index (χ4v) is 5.23. The van der Waals surface area contributed by atoms with Crippen molar-refractivity contribution in [3.05, 3.63) is 58.0 Å². The standard InChI is InChI=1S/C28H35ClFN3O3/c1-17(34)33-23(11-18-8-20(29)12-21(30)9-18)25(35)16-31-24-14-28(6-5-7-28)36-26-22(24)10-19(15-32-26)13-27(2,3)4/h8-10,12,15,23,25,35H,5-7,11,13-14,16H2,1-4H3,(H,33,34)/t23-,25+/m0/s1. The van der Waals surface area contributed by atoms with Gasteiger partial charge in [0.1, 0.15) is 11.4 Å². The molecule has 1 spiro atoms. The summed E-state index contributed by atoms with van der Waals surface area (Å²) in [6.45, 7) is 8.03. The lowest BCUT2D eigenvalue weighted by atomic mass is 9.74. The molecule has 2 aromatic rings. The largest absolute Gasteiger partial charge is 0.470 e. The summed E-state index contributed by atoms with van der Waals surface area (Å²) in [6.07, 6.45) is 5.68. The van der Waals surface area contributed by atoms with Gasteiger partial charge >= 0.3 is 0 Å². The van der Waals surface area contributed by atoms with Crippen molar-refractivity contribution < 1.29 is 19.0 Å². The van der Waals surface area contributed by atoms with Crippen LogP contribution in [0.25, 0.3) is 0 Å². The van der Waals surface area contributed by atoms with Gasteiger partial charge in [0, 0.05) is 24.6 Å². The number of carbonyl (C=O) groups is 1. The van der Waals surface area contributed by atoms with Gasteiger partial charge in [0.2, 0.25) is 11.8 Å². The number of fused-ring (bicyclic) bond motifs is 1. The average molecular weight is 516 g/mol. The number of nitrogens with zero attached hydrogens (tertiary/aromatic N) is 2. The van der Waals surface area contributed by atoms with Gasteiger partial charge in [0.25, 0.3) is 0 Å². The van der Waals surface area contributed by atoms with Crippen LogP contribution in [-0.2, 0) is 17.6 Å². The van der Waals surface area contributed by atoms with E-state index in [0.29, 0.717) is 17.9 Å². The summed E-state index contributed by atoms with van der Waals surface area (Å²) in [6, 6.07) is 5.67. The Labute approximate surface area is 217 Å². The number of pyridine rings is 1. The minimum atomic E-state index is -0.974. The molecule has 0 unspecified atom stereocenters. The predicted molar refractivity (Wildman–Crippen MR) is 139 cm³/mol. The topological polar surface area (TPSA) is 83.8 Å². The molecule has 0 bridgehead atoms. The molecule has 194 valence electrons. The number of aliphatic hydroxyl groups excluding tert-OH is 1. The van der Waals surface area contributed by atoms with Crippen LogP contribution < -0.4 is 10.1 Å². The first-order valence-electron chi connectivity index (χ1n) is 12.5. The highest BCUT2D eigenvalue weighted by atomic mass is 35.5. The number of rotatable bonds is 7. The fraction of sp³-hybridized carbons (Fsp3) is 0.536. The van der Waals surface area contributed by atoms with E-state index >= 15 is 0 Å². The molecule has 2 heterocycles. The molecular weight excluding hydrogens is 481 g/mol. The number of hydrogen-bond acceptors (Lipinski definition) is 5. The SMILES string of the molecule is CC(=O)N[C@@H](Cc1cc(F)cc(Cl)c1)[C@H](O)CN=C1CC2(CCC2)Oc2ncc(CC(C)(C)C)cc21. The molecule has 2 aliphatic rings. The van der Waals surface area contributed by atoms with Crippen molar-refractivity contribution in [2.45, 2.75) is 84.0 Å². The summed E-state index contributed by atoms with van der Waals surface area (Å²) in [5, 5.41) is 14.1. The van der Waals surface area contributed by atoms with Crippen LogP contribution in [0.4, 0.5) is 4.39 Å². The van der Waals surface area contributed by atoms with Gasteiger partial charge in [0.05, 0.1) is 30.0 Å². The summed E-state index contributed by atoms with van der Waals surface area (Å²) in [5.74, 6) is -0.147. The normalized spacial score (nSPS) is 19.2. The highest BCUT2D eigenvalue weighted by Gasteiger charge is 2.45. The lowest BCUT2D eigenvalue weighted by Gasteiger charge is -2.45. The smallest absolute Gasteiger partial charge is 0.223 e. The van der Waals surface area contributed by atoms with Gasteiger partial charge in [0.15, 0.2) is 0 Å². The lowest BCUT2D eigenvalue weighted by molar-refractivity contribution is -0.120. The molecule has 1 aliphatic carbocycles. The van der Waals surface area contributed by atoms with Crippen molar-refractivity contribution in [2.75, 3.05) is 6.54 Å². The highest BCUT2D eigenvalue weighted by Crippen LogP contribution is 2.44. The van der Waals surface area contributed by atoms with Gasteiger partial charge in [-0.1, -0.05) is 32.4 Å². The van der Waals surface area contributed by atoms with E-state index in [9.17, 15) is 14.3 Å². The zero-order valence-electron chi connectivity index (χ0n) is 21.4. The Morgan fingerprint density at radius 3 is 2.64 bits per heavy atom. The first kappa shape index (κ1) is 26.6. The molecule has 0 saturated heterocycles. The number of amides is 1. The highest BCUT2D eigenvalue weighted by molar-refractivity contribution is 6.30. The van der Waals surface area contributed by atoms with Crippen molar-refractivity contribution in [3.63, 3.8) is 0 Å². The minimum Gasteiger partial charge on any atom is -0.470 e. The number of aromatic nitrogens is 1. The van der Waals surface area contributed by atoms with Crippen LogP contribution in [0.2, 0.25) is 5.02 Å². The zero-order valence-corrected chi connectivity index (χ0v) is 22.2. The summed E-state index contributed by atoms with van der Waals surface area (Å²) >= 11 is 6.00. The third-order valence-corrected chi connectivity index (χ3v) is 6.94. The number of aliphatic imine (C=N–C) groups is 1. The number of nitrogens with one attached hydrogen (secondary N) is 1. The number of hydrogen-bond donors (Lipinski definition) is 2. The van der Waals surface area contributed by atoms with Crippen LogP contribution >= 0.6 is 11.6 Å². The summed E-state index contributed by atoms with van der Waals surface area (Å²) in [4.78, 5) is 21.3. The molecule has 2 atom stereocenters. The maximum absolute atomic E-state index is 13.8. The van der Waals surface area contributed by atoms with Crippen molar-refractivity contribution >= 4 is 23.2 Å². The Bertz CT molecular complexity index is 1140. The second-order valence-corrected chi connectivity index (χ2v) is 11.8. The molecular formula is C28H35ClFN3O3. The Morgan fingerprint density at radius 1 is 1.28 bits per heavy atom. The van der Waals surface area contributed by atoms with E-state index in [2.05, 4.69) is 37.1 Å². The monoisotopic (exact) mass is 515 g/mol. The van der Waals surface area contributed by atoms with E-state index in [1.165, 1.54) is 19.1 Å². The molecule has 1 fully saturated rings. The molecule has 1 amide bonds. The van der Waals surface area contributed by atoms with Crippen molar-refractivity contribution in [3.8, 4) is 5.88 Å². The van der Waals surface area contributed by atoms with Crippen LogP contribution in [0.1, 0.15) is 70.1 Å². The van der Waals surface area contributed by atoms with E-state index in [4.69, 9.17) is 21.3 Å². The maximum Gasteiger partial charge on any atom is 0.223 e. The second-order valence-electron chi connectivity index (χ2n) is 11.4. The zero-order chi connectivity index (χ0) is 26.1. The number of halogens is 2. The van der Waals surface area contributed by atoms with Crippen LogP contribution in [0.5, 0.6) is 5.88 Å². The van der Waals surface area contributed by atoms with Gasteiger partial charge in [-0.2, -0.15) is 0 Å². The molecule has 4 rings (SSSR count). The molecule has 1 saturated carbocycles. The Morgan fingerprint density at radius 2 is 2.03 bits per heavy atom. The van der Waals surface area contributed by atoms with Crippen LogP contribution in [-0.4, -0.2) is 46.0 Å². The maximum atomic E-state index is 13.8. The summed E-state index contributed by atoms with van der Waals surface area (Å²) < 4.78 is 20.2.